The molecule has 1 aliphatic rings. The second-order valence-corrected chi connectivity index (χ2v) is 6.70. The predicted octanol–water partition coefficient (Wildman–Crippen LogP) is 1.39. The molecule has 0 aliphatic carbocycles. The fourth-order valence-corrected chi connectivity index (χ4v) is 3.20. The molecule has 1 saturated heterocycles. The lowest BCUT2D eigenvalue weighted by atomic mass is 10.2. The second kappa shape index (κ2) is 8.69. The second-order valence-electron chi connectivity index (χ2n) is 6.26. The number of imide groups is 1. The lowest BCUT2D eigenvalue weighted by Gasteiger charge is -2.33. The largest absolute Gasteiger partial charge is 0.360 e. The summed E-state index contributed by atoms with van der Waals surface area (Å²) in [5.74, 6) is -0.273. The Balaban J connectivity index is 1.42. The molecule has 3 N–H and O–H groups in total. The molecule has 0 bridgehead atoms. The molecule has 2 aromatic carbocycles. The molecule has 0 radical (unpaired) electrons. The third-order valence-electron chi connectivity index (χ3n) is 4.34. The van der Waals surface area contributed by atoms with Crippen molar-refractivity contribution in [3.05, 3.63) is 59.6 Å². The van der Waals surface area contributed by atoms with Crippen LogP contribution in [0.3, 0.4) is 0 Å². The first kappa shape index (κ1) is 18.2. The Morgan fingerprint density at radius 3 is 2.46 bits per heavy atom. The molecule has 0 saturated carbocycles. The summed E-state index contributed by atoms with van der Waals surface area (Å²) >= 11 is 6.05. The van der Waals surface area contributed by atoms with Crippen molar-refractivity contribution >= 4 is 34.9 Å². The summed E-state index contributed by atoms with van der Waals surface area (Å²) in [6.45, 7) is 3.64. The number of carbonyl (C=O) groups is 2. The molecular weight excluding hydrogens is 352 g/mol. The number of urea groups is 1. The van der Waals surface area contributed by atoms with Crippen molar-refractivity contribution < 1.29 is 14.5 Å². The predicted molar refractivity (Wildman–Crippen MR) is 103 cm³/mol. The van der Waals surface area contributed by atoms with E-state index in [0.717, 1.165) is 41.8 Å². The van der Waals surface area contributed by atoms with Gasteiger partial charge in [-0.2, -0.15) is 0 Å². The molecule has 3 amide bonds. The lowest BCUT2D eigenvalue weighted by molar-refractivity contribution is -0.892. The van der Waals surface area contributed by atoms with Gasteiger partial charge in [0.25, 0.3) is 5.91 Å². The van der Waals surface area contributed by atoms with Crippen LogP contribution >= 0.6 is 11.6 Å². The first-order valence-corrected chi connectivity index (χ1v) is 8.98. The molecule has 3 rings (SSSR count). The van der Waals surface area contributed by atoms with E-state index >= 15 is 0 Å². The van der Waals surface area contributed by atoms with Gasteiger partial charge in [0, 0.05) is 16.4 Å². The van der Waals surface area contributed by atoms with Gasteiger partial charge in [-0.25, -0.2) is 4.79 Å². The van der Waals surface area contributed by atoms with Gasteiger partial charge in [0.2, 0.25) is 0 Å². The number of hydrogen-bond acceptors (Lipinski definition) is 3. The van der Waals surface area contributed by atoms with Crippen LogP contribution in [0.15, 0.2) is 54.6 Å². The molecule has 0 spiro atoms. The van der Waals surface area contributed by atoms with Gasteiger partial charge >= 0.3 is 6.03 Å². The number of nitrogens with one attached hydrogen (secondary N) is 3. The Labute approximate surface area is 157 Å². The van der Waals surface area contributed by atoms with E-state index in [4.69, 9.17) is 11.6 Å². The summed E-state index contributed by atoms with van der Waals surface area (Å²) in [5.41, 5.74) is 1.75. The molecule has 136 valence electrons. The van der Waals surface area contributed by atoms with Crippen LogP contribution in [0.25, 0.3) is 0 Å². The zero-order valence-corrected chi connectivity index (χ0v) is 15.1. The third kappa shape index (κ3) is 5.21. The van der Waals surface area contributed by atoms with E-state index in [0.29, 0.717) is 5.69 Å². The molecule has 2 aromatic rings. The Morgan fingerprint density at radius 2 is 1.77 bits per heavy atom. The first-order valence-electron chi connectivity index (χ1n) is 8.60. The highest BCUT2D eigenvalue weighted by atomic mass is 35.5. The van der Waals surface area contributed by atoms with E-state index in [-0.39, 0.29) is 12.5 Å². The van der Waals surface area contributed by atoms with E-state index in [1.54, 1.807) is 12.1 Å². The highest BCUT2D eigenvalue weighted by molar-refractivity contribution is 6.30. The van der Waals surface area contributed by atoms with Crippen molar-refractivity contribution in [3.63, 3.8) is 0 Å². The summed E-state index contributed by atoms with van der Waals surface area (Å²) in [6, 6.07) is 16.3. The van der Waals surface area contributed by atoms with Crippen LogP contribution in [0, 0.1) is 0 Å². The van der Waals surface area contributed by atoms with Gasteiger partial charge in [-0.05, 0) is 30.3 Å². The smallest absolute Gasteiger partial charge is 0.326 e. The fourth-order valence-electron chi connectivity index (χ4n) is 3.01. The standard InChI is InChI=1S/C19H21ClN4O2/c20-15-5-4-8-17(13-15)24-11-9-23(10-12-24)14-18(25)22-19(26)21-16-6-2-1-3-7-16/h1-8,13H,9-12,14H2,(H2,21,22,25,26)/p+1. The number of para-hydroxylation sites is 1. The number of carbonyl (C=O) groups excluding carboxylic acids is 2. The van der Waals surface area contributed by atoms with Crippen molar-refractivity contribution in [1.29, 1.82) is 0 Å². The Bertz CT molecular complexity index is 761. The molecular formula is C19H22ClN4O2+. The Kier molecular flexibility index (Phi) is 6.09. The molecule has 6 nitrogen and oxygen atoms in total. The minimum absolute atomic E-state index is 0.273. The van der Waals surface area contributed by atoms with E-state index in [9.17, 15) is 9.59 Å². The monoisotopic (exact) mass is 373 g/mol. The van der Waals surface area contributed by atoms with Crippen LogP contribution in [-0.4, -0.2) is 44.7 Å². The first-order chi connectivity index (χ1) is 12.6. The normalized spacial score (nSPS) is 14.7. The lowest BCUT2D eigenvalue weighted by Crippen LogP contribution is -3.16. The molecule has 7 heteroatoms. The number of amides is 3. The maximum absolute atomic E-state index is 12.1. The van der Waals surface area contributed by atoms with Crippen molar-refractivity contribution in [2.24, 2.45) is 0 Å². The minimum Gasteiger partial charge on any atom is -0.360 e. The summed E-state index contributed by atoms with van der Waals surface area (Å²) < 4.78 is 0. The Morgan fingerprint density at radius 1 is 1.04 bits per heavy atom. The number of piperazine rings is 1. The van der Waals surface area contributed by atoms with Crippen LogP contribution in [0.1, 0.15) is 0 Å². The summed E-state index contributed by atoms with van der Waals surface area (Å²) in [4.78, 5) is 27.4. The number of rotatable bonds is 4. The van der Waals surface area contributed by atoms with Crippen molar-refractivity contribution in [1.82, 2.24) is 5.32 Å². The molecule has 1 heterocycles. The van der Waals surface area contributed by atoms with E-state index < -0.39 is 6.03 Å². The van der Waals surface area contributed by atoms with Gasteiger partial charge < -0.3 is 15.1 Å². The average molecular weight is 374 g/mol. The molecule has 26 heavy (non-hydrogen) atoms. The van der Waals surface area contributed by atoms with Crippen molar-refractivity contribution in [2.75, 3.05) is 42.9 Å². The fraction of sp³-hybridized carbons (Fsp3) is 0.263. The van der Waals surface area contributed by atoms with Crippen molar-refractivity contribution in [2.45, 2.75) is 0 Å². The summed E-state index contributed by atoms with van der Waals surface area (Å²) in [6.07, 6.45) is 0. The van der Waals surface area contributed by atoms with E-state index in [1.165, 1.54) is 0 Å². The molecule has 0 atom stereocenters. The van der Waals surface area contributed by atoms with E-state index in [1.807, 2.05) is 42.5 Å². The minimum atomic E-state index is -0.502. The number of benzene rings is 2. The number of anilines is 2. The number of quaternary nitrogens is 1. The Hall–Kier alpha value is -2.57. The zero-order valence-electron chi connectivity index (χ0n) is 14.4. The zero-order chi connectivity index (χ0) is 18.4. The van der Waals surface area contributed by atoms with Gasteiger partial charge in [-0.1, -0.05) is 35.9 Å². The van der Waals surface area contributed by atoms with Crippen LogP contribution in [0.4, 0.5) is 16.2 Å². The van der Waals surface area contributed by atoms with E-state index in [2.05, 4.69) is 15.5 Å². The van der Waals surface area contributed by atoms with Crippen LogP contribution in [-0.2, 0) is 4.79 Å². The molecule has 0 aromatic heterocycles. The highest BCUT2D eigenvalue weighted by Gasteiger charge is 2.23. The topological polar surface area (TPSA) is 65.9 Å². The SMILES string of the molecule is O=C(C[NH+]1CCN(c2cccc(Cl)c2)CC1)NC(=O)Nc1ccccc1. The summed E-state index contributed by atoms with van der Waals surface area (Å²) in [7, 11) is 0. The van der Waals surface area contributed by atoms with Crippen LogP contribution in [0.5, 0.6) is 0 Å². The van der Waals surface area contributed by atoms with Gasteiger partial charge in [0.1, 0.15) is 0 Å². The van der Waals surface area contributed by atoms with Crippen LogP contribution < -0.4 is 20.4 Å². The van der Waals surface area contributed by atoms with Crippen molar-refractivity contribution in [3.8, 4) is 0 Å². The maximum atomic E-state index is 12.1. The van der Waals surface area contributed by atoms with Gasteiger partial charge in [-0.15, -0.1) is 0 Å². The number of nitrogens with zero attached hydrogens (tertiary/aromatic N) is 1. The van der Waals surface area contributed by atoms with Gasteiger partial charge in [-0.3, -0.25) is 10.1 Å². The molecule has 0 unspecified atom stereocenters. The van der Waals surface area contributed by atoms with Crippen LogP contribution in [0.2, 0.25) is 5.02 Å². The highest BCUT2D eigenvalue weighted by Crippen LogP contribution is 2.19. The average Bonchev–Trinajstić information content (AvgIpc) is 2.63. The quantitative estimate of drug-likeness (QED) is 0.759. The number of halogens is 1. The summed E-state index contributed by atoms with van der Waals surface area (Å²) in [5, 5.41) is 5.75. The third-order valence-corrected chi connectivity index (χ3v) is 4.57. The number of hydrogen-bond donors (Lipinski definition) is 3. The maximum Gasteiger partial charge on any atom is 0.326 e. The van der Waals surface area contributed by atoms with Gasteiger partial charge in [0.15, 0.2) is 6.54 Å². The van der Waals surface area contributed by atoms with Gasteiger partial charge in [0.05, 0.1) is 26.2 Å². The molecule has 1 fully saturated rings. The molecule has 1 aliphatic heterocycles.